The fourth-order valence-corrected chi connectivity index (χ4v) is 1.54. The highest BCUT2D eigenvalue weighted by molar-refractivity contribution is 6.28. The summed E-state index contributed by atoms with van der Waals surface area (Å²) >= 11 is 5.72. The van der Waals surface area contributed by atoms with E-state index in [1.165, 1.54) is 0 Å². The minimum Gasteiger partial charge on any atom is -0.357 e. The molecule has 1 heterocycles. The summed E-state index contributed by atoms with van der Waals surface area (Å²) in [6.45, 7) is 5.35. The van der Waals surface area contributed by atoms with Crippen molar-refractivity contribution in [3.63, 3.8) is 0 Å². The molecule has 0 aliphatic heterocycles. The fraction of sp³-hybridized carbons (Fsp3) is 0.600. The first kappa shape index (κ1) is 14.4. The second-order valence-corrected chi connectivity index (χ2v) is 3.76. The van der Waals surface area contributed by atoms with Crippen LogP contribution in [0.2, 0.25) is 5.28 Å². The molecule has 1 aromatic heterocycles. The Morgan fingerprint density at radius 1 is 1.22 bits per heavy atom. The van der Waals surface area contributed by atoms with Gasteiger partial charge in [0.25, 0.3) is 0 Å². The fourth-order valence-electron chi connectivity index (χ4n) is 1.38. The van der Waals surface area contributed by atoms with Crippen molar-refractivity contribution in [2.24, 2.45) is 0 Å². The number of aromatic nitrogens is 3. The van der Waals surface area contributed by atoms with Gasteiger partial charge in [0, 0.05) is 20.1 Å². The van der Waals surface area contributed by atoms with Crippen molar-refractivity contribution in [1.82, 2.24) is 19.9 Å². The lowest BCUT2D eigenvalue weighted by molar-refractivity contribution is -0.128. The van der Waals surface area contributed by atoms with Gasteiger partial charge < -0.3 is 15.5 Å². The van der Waals surface area contributed by atoms with E-state index >= 15 is 0 Å². The standard InChI is InChI=1S/C10H17ClN6O/c1-4-17(5-2)7(18)6-13-10-15-8(11)14-9(12-3)16-10/h4-6H2,1-3H3,(H2,12,13,14,15,16). The SMILES string of the molecule is CCN(CC)C(=O)CNc1nc(Cl)nc(NC)n1. The minimum absolute atomic E-state index is 0.0115. The number of carbonyl (C=O) groups excluding carboxylic acids is 1. The molecule has 0 unspecified atom stereocenters. The highest BCUT2D eigenvalue weighted by Crippen LogP contribution is 2.08. The number of nitrogens with one attached hydrogen (secondary N) is 2. The smallest absolute Gasteiger partial charge is 0.241 e. The van der Waals surface area contributed by atoms with E-state index < -0.39 is 0 Å². The molecule has 7 nitrogen and oxygen atoms in total. The number of nitrogens with zero attached hydrogens (tertiary/aromatic N) is 4. The molecule has 1 aromatic rings. The number of likely N-dealkylation sites (N-methyl/N-ethyl adjacent to an activating group) is 1. The first-order valence-electron chi connectivity index (χ1n) is 5.71. The van der Waals surface area contributed by atoms with Crippen molar-refractivity contribution >= 4 is 29.4 Å². The van der Waals surface area contributed by atoms with Gasteiger partial charge >= 0.3 is 0 Å². The third-order valence-electron chi connectivity index (χ3n) is 2.35. The van der Waals surface area contributed by atoms with Gasteiger partial charge in [-0.15, -0.1) is 0 Å². The monoisotopic (exact) mass is 272 g/mol. The summed E-state index contributed by atoms with van der Waals surface area (Å²) in [7, 11) is 1.68. The van der Waals surface area contributed by atoms with E-state index in [1.54, 1.807) is 11.9 Å². The first-order valence-corrected chi connectivity index (χ1v) is 6.09. The summed E-state index contributed by atoms with van der Waals surface area (Å²) in [6.07, 6.45) is 0. The molecule has 2 N–H and O–H groups in total. The molecule has 100 valence electrons. The van der Waals surface area contributed by atoms with Gasteiger partial charge in [0.2, 0.25) is 23.1 Å². The second kappa shape index (κ2) is 6.95. The van der Waals surface area contributed by atoms with Gasteiger partial charge in [0.1, 0.15) is 0 Å². The van der Waals surface area contributed by atoms with Crippen LogP contribution < -0.4 is 10.6 Å². The molecule has 0 aromatic carbocycles. The number of hydrogen-bond donors (Lipinski definition) is 2. The maximum absolute atomic E-state index is 11.8. The van der Waals surface area contributed by atoms with E-state index in [1.807, 2.05) is 13.8 Å². The number of rotatable bonds is 6. The maximum Gasteiger partial charge on any atom is 0.241 e. The lowest BCUT2D eigenvalue weighted by Crippen LogP contribution is -2.35. The predicted molar refractivity (Wildman–Crippen MR) is 70.8 cm³/mol. The lowest BCUT2D eigenvalue weighted by atomic mass is 10.4. The summed E-state index contributed by atoms with van der Waals surface area (Å²) in [5.74, 6) is 0.621. The van der Waals surface area contributed by atoms with Crippen molar-refractivity contribution in [2.75, 3.05) is 37.3 Å². The van der Waals surface area contributed by atoms with E-state index in [4.69, 9.17) is 11.6 Å². The highest BCUT2D eigenvalue weighted by Gasteiger charge is 2.10. The van der Waals surface area contributed by atoms with Crippen LogP contribution in [0.4, 0.5) is 11.9 Å². The second-order valence-electron chi connectivity index (χ2n) is 3.42. The molecule has 0 radical (unpaired) electrons. The van der Waals surface area contributed by atoms with Crippen molar-refractivity contribution in [3.8, 4) is 0 Å². The highest BCUT2D eigenvalue weighted by atomic mass is 35.5. The largest absolute Gasteiger partial charge is 0.357 e. The Morgan fingerprint density at radius 3 is 2.39 bits per heavy atom. The van der Waals surface area contributed by atoms with Gasteiger partial charge in [-0.3, -0.25) is 4.79 Å². The number of hydrogen-bond acceptors (Lipinski definition) is 6. The first-order chi connectivity index (χ1) is 8.60. The van der Waals surface area contributed by atoms with Crippen LogP contribution in [0.15, 0.2) is 0 Å². The summed E-state index contributed by atoms with van der Waals surface area (Å²) in [5.41, 5.74) is 0. The Morgan fingerprint density at radius 2 is 1.83 bits per heavy atom. The van der Waals surface area contributed by atoms with E-state index in [0.29, 0.717) is 19.0 Å². The van der Waals surface area contributed by atoms with Crippen molar-refractivity contribution < 1.29 is 4.79 Å². The predicted octanol–water partition coefficient (Wildman–Crippen LogP) is 0.847. The third-order valence-corrected chi connectivity index (χ3v) is 2.51. The summed E-state index contributed by atoms with van der Waals surface area (Å²) in [5, 5.41) is 5.67. The van der Waals surface area contributed by atoms with Crippen molar-refractivity contribution in [3.05, 3.63) is 5.28 Å². The topological polar surface area (TPSA) is 83.0 Å². The van der Waals surface area contributed by atoms with Crippen LogP contribution in [-0.4, -0.2) is 52.4 Å². The Kier molecular flexibility index (Phi) is 5.57. The molecule has 0 saturated heterocycles. The normalized spacial score (nSPS) is 10.0. The molecular weight excluding hydrogens is 256 g/mol. The van der Waals surface area contributed by atoms with E-state index in [2.05, 4.69) is 25.6 Å². The molecule has 0 bridgehead atoms. The van der Waals surface area contributed by atoms with Gasteiger partial charge in [-0.25, -0.2) is 0 Å². The summed E-state index contributed by atoms with van der Waals surface area (Å²) in [4.78, 5) is 25.2. The van der Waals surface area contributed by atoms with Gasteiger partial charge in [0.05, 0.1) is 6.54 Å². The Bertz CT molecular complexity index is 409. The number of carbonyl (C=O) groups is 1. The van der Waals surface area contributed by atoms with Crippen molar-refractivity contribution in [1.29, 1.82) is 0 Å². The van der Waals surface area contributed by atoms with Crippen molar-refractivity contribution in [2.45, 2.75) is 13.8 Å². The molecule has 0 spiro atoms. The van der Waals surface area contributed by atoms with Crippen LogP contribution in [0, 0.1) is 0 Å². The van der Waals surface area contributed by atoms with Crippen LogP contribution in [0.25, 0.3) is 0 Å². The number of anilines is 2. The molecule has 18 heavy (non-hydrogen) atoms. The average Bonchev–Trinajstić information content (AvgIpc) is 2.37. The molecule has 0 aliphatic rings. The van der Waals surface area contributed by atoms with E-state index in [0.717, 1.165) is 0 Å². The van der Waals surface area contributed by atoms with E-state index in [9.17, 15) is 4.79 Å². The zero-order chi connectivity index (χ0) is 13.5. The molecular formula is C10H17ClN6O. The van der Waals surface area contributed by atoms with Crippen LogP contribution in [-0.2, 0) is 4.79 Å². The van der Waals surface area contributed by atoms with Crippen LogP contribution >= 0.6 is 11.6 Å². The molecule has 0 atom stereocenters. The lowest BCUT2D eigenvalue weighted by Gasteiger charge is -2.18. The molecule has 0 aliphatic carbocycles. The quantitative estimate of drug-likeness (QED) is 0.799. The van der Waals surface area contributed by atoms with Gasteiger partial charge in [-0.05, 0) is 25.4 Å². The molecule has 0 saturated carbocycles. The average molecular weight is 273 g/mol. The molecule has 1 amide bonds. The van der Waals surface area contributed by atoms with Crippen LogP contribution in [0.1, 0.15) is 13.8 Å². The number of halogens is 1. The zero-order valence-corrected chi connectivity index (χ0v) is 11.5. The van der Waals surface area contributed by atoms with E-state index in [-0.39, 0.29) is 23.7 Å². The maximum atomic E-state index is 11.8. The van der Waals surface area contributed by atoms with Crippen LogP contribution in [0.5, 0.6) is 0 Å². The molecule has 1 rings (SSSR count). The Hall–Kier alpha value is -1.63. The Balaban J connectivity index is 2.63. The third kappa shape index (κ3) is 3.99. The zero-order valence-electron chi connectivity index (χ0n) is 10.7. The van der Waals surface area contributed by atoms with Crippen LogP contribution in [0.3, 0.4) is 0 Å². The summed E-state index contributed by atoms with van der Waals surface area (Å²) in [6, 6.07) is 0. The van der Waals surface area contributed by atoms with Gasteiger partial charge in [-0.2, -0.15) is 15.0 Å². The van der Waals surface area contributed by atoms with Gasteiger partial charge in [0.15, 0.2) is 0 Å². The Labute approximate surface area is 111 Å². The van der Waals surface area contributed by atoms with Gasteiger partial charge in [-0.1, -0.05) is 0 Å². The summed E-state index contributed by atoms with van der Waals surface area (Å²) < 4.78 is 0. The molecule has 0 fully saturated rings. The number of amides is 1. The molecule has 8 heteroatoms. The minimum atomic E-state index is -0.0115.